The second-order valence-electron chi connectivity index (χ2n) is 37.4. The summed E-state index contributed by atoms with van der Waals surface area (Å²) in [6, 6.07) is 9.85. The monoisotopic (exact) mass is 2020 g/mol. The van der Waals surface area contributed by atoms with Gasteiger partial charge in [0.05, 0.1) is 44.3 Å². The first kappa shape index (κ1) is 114. The Hall–Kier alpha value is -15.0. The summed E-state index contributed by atoms with van der Waals surface area (Å²) >= 11 is 0. The molecule has 4 saturated heterocycles. The van der Waals surface area contributed by atoms with Crippen LogP contribution in [0.2, 0.25) is 0 Å². The molecular formula is C98H133N19O28. The van der Waals surface area contributed by atoms with Crippen molar-refractivity contribution in [1.29, 1.82) is 0 Å². The molecule has 788 valence electrons. The maximum absolute atomic E-state index is 15.7. The number of amides is 17. The number of likely N-dealkylation sites (N-methyl/N-ethyl adjacent to an activating group) is 4. The molecule has 0 unspecified atom stereocenters. The van der Waals surface area contributed by atoms with Gasteiger partial charge in [0.15, 0.2) is 41.2 Å². The summed E-state index contributed by atoms with van der Waals surface area (Å²) in [4.78, 5) is 300. The number of ether oxygens (including phenoxy) is 8. The lowest BCUT2D eigenvalue weighted by Gasteiger charge is -2.43. The van der Waals surface area contributed by atoms with Crippen molar-refractivity contribution in [3.05, 3.63) is 102 Å². The van der Waals surface area contributed by atoms with Gasteiger partial charge in [0.25, 0.3) is 11.8 Å². The number of esters is 4. The highest BCUT2D eigenvalue weighted by Crippen LogP contribution is 2.35. The van der Waals surface area contributed by atoms with Crippen LogP contribution >= 0.6 is 0 Å². The number of para-hydroxylation sites is 2. The fourth-order valence-electron chi connectivity index (χ4n) is 17.2. The lowest BCUT2D eigenvalue weighted by atomic mass is 9.97. The summed E-state index contributed by atoms with van der Waals surface area (Å²) in [5.74, 6) is -18.9. The molecule has 0 radical (unpaired) electrons. The van der Waals surface area contributed by atoms with Crippen LogP contribution in [-0.4, -0.2) is 336 Å². The summed E-state index contributed by atoms with van der Waals surface area (Å²) in [5.41, 5.74) is 4.61. The Morgan fingerprint density at radius 3 is 1.47 bits per heavy atom. The number of nitrogens with two attached hydrogens (primary N) is 1. The minimum atomic E-state index is -2.06. The number of urea groups is 1. The van der Waals surface area contributed by atoms with E-state index in [0.29, 0.717) is 41.1 Å². The molecule has 12 N–H and O–H groups in total. The van der Waals surface area contributed by atoms with E-state index in [0.717, 1.165) is 52.4 Å². The lowest BCUT2D eigenvalue weighted by molar-refractivity contribution is -0.282. The number of rotatable bonds is 27. The predicted molar refractivity (Wildman–Crippen MR) is 518 cm³/mol. The second kappa shape index (κ2) is 52.3. The van der Waals surface area contributed by atoms with Gasteiger partial charge in [-0.3, -0.25) is 81.5 Å². The van der Waals surface area contributed by atoms with E-state index in [1.807, 2.05) is 0 Å². The number of carbonyl (C=O) groups excluding carboxylic acids is 20. The number of nitrogens with zero attached hydrogens (tertiary/aromatic N) is 8. The van der Waals surface area contributed by atoms with Crippen molar-refractivity contribution in [2.45, 2.75) is 240 Å². The van der Waals surface area contributed by atoms with Crippen LogP contribution in [0.3, 0.4) is 0 Å². The number of hydrogen-bond donors (Lipinski definition) is 11. The fourth-order valence-corrected chi connectivity index (χ4v) is 17.2. The summed E-state index contributed by atoms with van der Waals surface area (Å²) in [6.45, 7) is 15.7. The molecule has 2 aromatic heterocycles. The van der Waals surface area contributed by atoms with Gasteiger partial charge in [-0.1, -0.05) is 90.1 Å². The van der Waals surface area contributed by atoms with E-state index in [1.54, 1.807) is 149 Å². The molecule has 4 aliphatic heterocycles. The third-order valence-corrected chi connectivity index (χ3v) is 24.4. The van der Waals surface area contributed by atoms with Crippen molar-refractivity contribution in [2.75, 3.05) is 98.5 Å². The highest BCUT2D eigenvalue weighted by molar-refractivity contribution is 6.04. The molecule has 47 nitrogen and oxygen atoms in total. The number of benzene rings is 3. The van der Waals surface area contributed by atoms with Crippen LogP contribution in [0, 0.1) is 17.8 Å². The van der Waals surface area contributed by atoms with Crippen LogP contribution < -0.4 is 68.4 Å². The van der Waals surface area contributed by atoms with Gasteiger partial charge in [-0.05, 0) is 146 Å². The molecule has 145 heavy (non-hydrogen) atoms. The molecule has 9 rings (SSSR count). The standard InChI is InChI=1S/C98H133N19O28/c1-18-114-49-73(123)112(15)78(53(5)6)90(131)101-45-65(109-88(129)76-69(43-59-29-20-22-31-62(59)106-76)139-51-58-36-38-61(39-37-58)105-84(125)64(33-28-40-100-96(99)136)108-87(128)75(52(3)4)111-97(137)145-98(12,13)14)92(133)116-41-26-24-34-67(116)85(126)103-47-71(121)115(19-2)50-74(124)113(16)79(54(7)8)91(132)102-46-66(93(134)117-42-27-25-35-68(117)86(127)104-48-72(114)122)110-89(130)77-70(44-60-30-21-23-32-63(60)107-77)143-95-83(142-57(11)120)81(141-56(10)119)80(140-55(9)118)82(144-95)94(135)138-17/h20-23,29-32,36-39,43-44,52-54,64-68,75,78-83,95H,18-19,24-28,33-35,40-42,45-51H2,1-17H3,(H,101,131)(H,102,132)(H,103,126)(H,104,127)(H,105,125)(H,108,128)(H,109,129)(H,110,130)(H,111,137)(H3,99,100,136)/t64-,65-,66+,67-,68-,75-,78-,79-,80-,81-,82-,83+,95+/m0/s1. The molecule has 4 fully saturated rings. The molecule has 3 aromatic carbocycles. The Morgan fingerprint density at radius 1 is 0.559 bits per heavy atom. The number of primary amides is 1. The molecule has 6 heterocycles. The van der Waals surface area contributed by atoms with E-state index in [2.05, 4.69) is 58.2 Å². The second-order valence-corrected chi connectivity index (χ2v) is 37.4. The first-order valence-electron chi connectivity index (χ1n) is 48.1. The van der Waals surface area contributed by atoms with Gasteiger partial charge in [-0.15, -0.1) is 0 Å². The topological polar surface area (TPSA) is 607 Å². The number of pyridine rings is 2. The Labute approximate surface area is 838 Å². The molecule has 0 saturated carbocycles. The van der Waals surface area contributed by atoms with Crippen molar-refractivity contribution < 1.29 is 134 Å². The van der Waals surface area contributed by atoms with E-state index >= 15 is 28.8 Å². The highest BCUT2D eigenvalue weighted by atomic mass is 16.7. The van der Waals surface area contributed by atoms with Gasteiger partial charge in [-0.25, -0.2) is 24.4 Å². The smallest absolute Gasteiger partial charge is 0.408 e. The quantitative estimate of drug-likeness (QED) is 0.0202. The third kappa shape index (κ3) is 31.3. The van der Waals surface area contributed by atoms with Crippen LogP contribution in [0.5, 0.6) is 11.5 Å². The van der Waals surface area contributed by atoms with E-state index in [4.69, 9.17) is 48.6 Å². The molecule has 0 spiro atoms. The number of carbonyl (C=O) groups is 20. The molecule has 0 bridgehead atoms. The summed E-state index contributed by atoms with van der Waals surface area (Å²) in [5, 5.41) is 27.4. The van der Waals surface area contributed by atoms with Crippen LogP contribution in [0.4, 0.5) is 15.3 Å². The first-order valence-corrected chi connectivity index (χ1v) is 48.1. The van der Waals surface area contributed by atoms with Gasteiger partial charge >= 0.3 is 36.0 Å². The van der Waals surface area contributed by atoms with Crippen molar-refractivity contribution in [2.24, 2.45) is 23.5 Å². The Balaban J connectivity index is 1.00. The van der Waals surface area contributed by atoms with E-state index in [9.17, 15) is 67.1 Å². The van der Waals surface area contributed by atoms with E-state index in [1.165, 1.54) is 31.1 Å². The van der Waals surface area contributed by atoms with Gasteiger partial charge in [0.1, 0.15) is 60.5 Å². The molecular weight excluding hydrogens is 1890 g/mol. The number of alkyl carbamates (subject to hydrolysis) is 1. The molecule has 17 amide bonds. The van der Waals surface area contributed by atoms with E-state index < -0.39 is 272 Å². The number of fused-ring (bicyclic) bond motifs is 4. The van der Waals surface area contributed by atoms with Crippen molar-refractivity contribution in [1.82, 2.24) is 87.2 Å². The van der Waals surface area contributed by atoms with Crippen molar-refractivity contribution in [3.8, 4) is 11.5 Å². The van der Waals surface area contributed by atoms with Crippen molar-refractivity contribution in [3.63, 3.8) is 0 Å². The average molecular weight is 2030 g/mol. The molecule has 0 aliphatic carbocycles. The number of piperidine rings is 2. The van der Waals surface area contributed by atoms with Gasteiger partial charge < -0.3 is 126 Å². The Morgan fingerprint density at radius 2 is 1.02 bits per heavy atom. The molecule has 47 heteroatoms. The van der Waals surface area contributed by atoms with Gasteiger partial charge in [0, 0.05) is 97.1 Å². The zero-order valence-corrected chi connectivity index (χ0v) is 84.5. The van der Waals surface area contributed by atoms with Crippen LogP contribution in [0.25, 0.3) is 21.8 Å². The molecule has 13 atom stereocenters. The van der Waals surface area contributed by atoms with Gasteiger partial charge in [-0.2, -0.15) is 0 Å². The minimum absolute atomic E-state index is 0.0181. The van der Waals surface area contributed by atoms with Crippen molar-refractivity contribution >= 4 is 146 Å². The number of hydrogen-bond acceptors (Lipinski definition) is 30. The largest absolute Gasteiger partial charge is 0.486 e. The highest BCUT2D eigenvalue weighted by Gasteiger charge is 2.57. The zero-order chi connectivity index (χ0) is 107. The molecule has 4 aliphatic rings. The summed E-state index contributed by atoms with van der Waals surface area (Å²) < 4.78 is 45.8. The summed E-state index contributed by atoms with van der Waals surface area (Å²) in [6.07, 6.45) is -8.95. The zero-order valence-electron chi connectivity index (χ0n) is 84.5. The van der Waals surface area contributed by atoms with Crippen LogP contribution in [0.15, 0.2) is 84.9 Å². The number of anilines is 1. The maximum atomic E-state index is 15.7. The first-order chi connectivity index (χ1) is 68.6. The normalized spacial score (nSPS) is 21.9. The Bertz CT molecular complexity index is 5600. The van der Waals surface area contributed by atoms with E-state index in [-0.39, 0.29) is 94.1 Å². The molecule has 5 aromatic rings. The van der Waals surface area contributed by atoms with Crippen LogP contribution in [-0.2, 0) is 112 Å². The SMILES string of the molecule is CCN1CC(=O)N(C)[C@@H](C(C)C)C(=O)NC[C@@H](NC(=O)c2nc3ccccc3cc2O[C@@H]2O[C@H](C(=O)OC)[C@@H](OC(C)=O)[C@H](OC(C)=O)[C@H]2OC(C)=O)C(=O)N2CCCC[C@H]2C(=O)NCC(=O)N(CC)CC(=O)N(C)[C@@H](C(C)C)C(=O)NC[C@H](NC(=O)c2nc3ccccc3cc2OCc2ccc(NC(=O)[C@H](CCCNC(N)=O)NC(=O)[C@@H](NC(=O)OC(C)(C)C)C(C)C)cc2)C(=O)N2CCCC[C@H]2C(=O)NCC1=O. The third-order valence-electron chi connectivity index (χ3n) is 24.4. The lowest BCUT2D eigenvalue weighted by Crippen LogP contribution is -2.64. The fraction of sp³-hybridized carbons (Fsp3) is 0.551. The van der Waals surface area contributed by atoms with Crippen LogP contribution in [0.1, 0.15) is 175 Å². The number of nitrogens with one attached hydrogen (secondary N) is 10. The number of methoxy groups -OCH3 is 1. The van der Waals surface area contributed by atoms with Gasteiger partial charge in [0.2, 0.25) is 83.3 Å². The summed E-state index contributed by atoms with van der Waals surface area (Å²) in [7, 11) is 3.57. The minimum Gasteiger partial charge on any atom is -0.486 e. The Kier molecular flexibility index (Phi) is 41.0. The average Bonchev–Trinajstić information content (AvgIpc) is 0.771. The number of aromatic nitrogens is 2. The maximum Gasteiger partial charge on any atom is 0.408 e. The predicted octanol–water partition coefficient (Wildman–Crippen LogP) is 1.66.